The largest absolute Gasteiger partial charge is 0.496 e. The van der Waals surface area contributed by atoms with Crippen molar-refractivity contribution in [3.63, 3.8) is 0 Å². The fourth-order valence-electron chi connectivity index (χ4n) is 3.52. The number of hydrogen-bond acceptors (Lipinski definition) is 6. The summed E-state index contributed by atoms with van der Waals surface area (Å²) in [6.45, 7) is 2.98. The quantitative estimate of drug-likeness (QED) is 0.565. The molecule has 2 N–H and O–H groups in total. The van der Waals surface area contributed by atoms with E-state index in [1.807, 2.05) is 6.20 Å². The van der Waals surface area contributed by atoms with Gasteiger partial charge in [-0.1, -0.05) is 6.07 Å². The van der Waals surface area contributed by atoms with E-state index in [0.717, 1.165) is 5.69 Å². The highest BCUT2D eigenvalue weighted by atomic mass is 19.1. The van der Waals surface area contributed by atoms with Crippen LogP contribution in [0.15, 0.2) is 48.6 Å². The number of hydrogen-bond donors (Lipinski definition) is 2. The highest BCUT2D eigenvalue weighted by molar-refractivity contribution is 6.32. The smallest absolute Gasteiger partial charge is 0.258 e. The third-order valence-electron chi connectivity index (χ3n) is 4.96. The van der Waals surface area contributed by atoms with Gasteiger partial charge in [-0.2, -0.15) is 5.10 Å². The van der Waals surface area contributed by atoms with Gasteiger partial charge in [-0.15, -0.1) is 0 Å². The summed E-state index contributed by atoms with van der Waals surface area (Å²) in [4.78, 5) is 17.0. The second-order valence-electron chi connectivity index (χ2n) is 7.00. The zero-order valence-corrected chi connectivity index (χ0v) is 17.4. The molecule has 0 saturated carbocycles. The van der Waals surface area contributed by atoms with Gasteiger partial charge in [-0.05, 0) is 25.1 Å². The number of carbonyl (C=O) groups is 1. The molecule has 1 amide bonds. The molecule has 0 fully saturated rings. The Morgan fingerprint density at radius 3 is 2.90 bits per heavy atom. The van der Waals surface area contributed by atoms with Crippen LogP contribution < -0.4 is 15.4 Å². The van der Waals surface area contributed by atoms with Crippen LogP contribution in [-0.4, -0.2) is 41.5 Å². The molecule has 4 rings (SSSR count). The zero-order chi connectivity index (χ0) is 22.0. The number of aromatic nitrogens is 3. The number of nitrogens with one attached hydrogen (secondary N) is 2. The van der Waals surface area contributed by atoms with Crippen LogP contribution in [0.2, 0.25) is 0 Å². The summed E-state index contributed by atoms with van der Waals surface area (Å²) in [6, 6.07) is 6.28. The van der Waals surface area contributed by atoms with Gasteiger partial charge in [0.25, 0.3) is 5.91 Å². The predicted molar refractivity (Wildman–Crippen MR) is 115 cm³/mol. The van der Waals surface area contributed by atoms with E-state index in [9.17, 15) is 9.18 Å². The minimum atomic E-state index is -0.451. The number of nitrogens with zero attached hydrogens (tertiary/aromatic N) is 3. The molecule has 160 valence electrons. The van der Waals surface area contributed by atoms with E-state index in [1.54, 1.807) is 43.1 Å². The lowest BCUT2D eigenvalue weighted by atomic mass is 10.0. The van der Waals surface area contributed by atoms with E-state index in [1.165, 1.54) is 19.4 Å². The molecule has 0 unspecified atom stereocenters. The van der Waals surface area contributed by atoms with Crippen LogP contribution in [0.5, 0.6) is 5.75 Å². The van der Waals surface area contributed by atoms with Crippen molar-refractivity contribution in [2.75, 3.05) is 31.5 Å². The Hall–Kier alpha value is -3.72. The summed E-state index contributed by atoms with van der Waals surface area (Å²) in [5, 5.41) is 10.3. The van der Waals surface area contributed by atoms with Gasteiger partial charge in [0.15, 0.2) is 0 Å². The van der Waals surface area contributed by atoms with Crippen molar-refractivity contribution in [1.29, 1.82) is 0 Å². The number of benzene rings is 1. The lowest BCUT2D eigenvalue weighted by molar-refractivity contribution is -0.110. The molecule has 9 heteroatoms. The minimum absolute atomic E-state index is 0.247. The number of methoxy groups -OCH3 is 2. The Balaban J connectivity index is 1.70. The fourth-order valence-corrected chi connectivity index (χ4v) is 3.52. The van der Waals surface area contributed by atoms with Crippen LogP contribution in [0.4, 0.5) is 15.8 Å². The van der Waals surface area contributed by atoms with E-state index in [2.05, 4.69) is 20.7 Å². The van der Waals surface area contributed by atoms with E-state index < -0.39 is 5.82 Å². The molecular weight excluding hydrogens is 401 g/mol. The molecule has 0 spiro atoms. The number of anilines is 2. The van der Waals surface area contributed by atoms with Crippen molar-refractivity contribution < 1.29 is 18.7 Å². The van der Waals surface area contributed by atoms with Crippen LogP contribution in [0.1, 0.15) is 12.5 Å². The summed E-state index contributed by atoms with van der Waals surface area (Å²) in [5.41, 5.74) is 3.67. The van der Waals surface area contributed by atoms with Crippen LogP contribution >= 0.6 is 0 Å². The Bertz CT molecular complexity index is 1170. The first-order chi connectivity index (χ1) is 15.0. The van der Waals surface area contributed by atoms with Gasteiger partial charge in [0.2, 0.25) is 0 Å². The second kappa shape index (κ2) is 8.57. The first kappa shape index (κ1) is 20.5. The van der Waals surface area contributed by atoms with Gasteiger partial charge in [0.05, 0.1) is 60.9 Å². The lowest BCUT2D eigenvalue weighted by Gasteiger charge is -2.11. The highest BCUT2D eigenvalue weighted by Gasteiger charge is 2.28. The van der Waals surface area contributed by atoms with E-state index >= 15 is 0 Å². The summed E-state index contributed by atoms with van der Waals surface area (Å²) in [6.07, 6.45) is 5.03. The maximum atomic E-state index is 14.5. The van der Waals surface area contributed by atoms with Crippen molar-refractivity contribution in [3.05, 3.63) is 59.9 Å². The van der Waals surface area contributed by atoms with Gasteiger partial charge in [-0.3, -0.25) is 14.5 Å². The topological polar surface area (TPSA) is 90.3 Å². The molecule has 1 aliphatic rings. The first-order valence-electron chi connectivity index (χ1n) is 9.65. The van der Waals surface area contributed by atoms with Crippen molar-refractivity contribution >= 4 is 22.9 Å². The third-order valence-corrected chi connectivity index (χ3v) is 4.96. The summed E-state index contributed by atoms with van der Waals surface area (Å²) < 4.78 is 26.6. The molecule has 8 nitrogen and oxygen atoms in total. The highest BCUT2D eigenvalue weighted by Crippen LogP contribution is 2.38. The number of halogens is 1. The van der Waals surface area contributed by atoms with Gasteiger partial charge in [-0.25, -0.2) is 4.39 Å². The second-order valence-corrected chi connectivity index (χ2v) is 7.00. The maximum absolute atomic E-state index is 14.5. The van der Waals surface area contributed by atoms with Crippen molar-refractivity contribution in [3.8, 4) is 17.0 Å². The fraction of sp³-hybridized carbons (Fsp3) is 0.227. The lowest BCUT2D eigenvalue weighted by Crippen LogP contribution is -2.08. The molecule has 0 atom stereocenters. The van der Waals surface area contributed by atoms with E-state index in [4.69, 9.17) is 9.47 Å². The maximum Gasteiger partial charge on any atom is 0.258 e. The molecule has 3 aromatic rings. The monoisotopic (exact) mass is 423 g/mol. The Kier molecular flexibility index (Phi) is 5.68. The van der Waals surface area contributed by atoms with Crippen molar-refractivity contribution in [2.24, 2.45) is 0 Å². The Morgan fingerprint density at radius 1 is 1.29 bits per heavy atom. The number of pyridine rings is 1. The molecule has 0 saturated heterocycles. The van der Waals surface area contributed by atoms with Gasteiger partial charge in [0.1, 0.15) is 11.6 Å². The third kappa shape index (κ3) is 3.99. The van der Waals surface area contributed by atoms with E-state index in [-0.39, 0.29) is 11.5 Å². The number of fused-ring (bicyclic) bond motifs is 1. The summed E-state index contributed by atoms with van der Waals surface area (Å²) >= 11 is 0. The van der Waals surface area contributed by atoms with Gasteiger partial charge >= 0.3 is 0 Å². The van der Waals surface area contributed by atoms with Crippen molar-refractivity contribution in [1.82, 2.24) is 14.8 Å². The Morgan fingerprint density at radius 2 is 2.13 bits per heavy atom. The standard InChI is InChI=1S/C22H22FN5O3/c1-13(26-14-10-25-28(12-14)7-8-30-2)20-15-9-17(24-11-18(15)27-22(20)29)21-16(23)5-4-6-19(21)31-3/h4-6,9-12,26H,7-8H2,1-3H3,(H,27,29)/b20-13-. The average Bonchev–Trinajstić information content (AvgIpc) is 3.34. The molecule has 0 radical (unpaired) electrons. The number of ether oxygens (including phenoxy) is 2. The normalized spacial score (nSPS) is 14.3. The zero-order valence-electron chi connectivity index (χ0n) is 17.4. The number of rotatable bonds is 7. The summed E-state index contributed by atoms with van der Waals surface area (Å²) in [5.74, 6) is -0.340. The minimum Gasteiger partial charge on any atom is -0.496 e. The van der Waals surface area contributed by atoms with Crippen LogP contribution in [-0.2, 0) is 16.1 Å². The molecule has 3 heterocycles. The van der Waals surface area contributed by atoms with Crippen LogP contribution in [0.3, 0.4) is 0 Å². The van der Waals surface area contributed by atoms with Gasteiger partial charge < -0.3 is 20.1 Å². The molecule has 31 heavy (non-hydrogen) atoms. The van der Waals surface area contributed by atoms with Gasteiger partial charge in [0, 0.05) is 24.6 Å². The van der Waals surface area contributed by atoms with Crippen LogP contribution in [0.25, 0.3) is 16.8 Å². The number of carbonyl (C=O) groups excluding carboxylic acids is 1. The predicted octanol–water partition coefficient (Wildman–Crippen LogP) is 3.53. The van der Waals surface area contributed by atoms with E-state index in [0.29, 0.717) is 47.1 Å². The number of allylic oxidation sites excluding steroid dienone is 1. The van der Waals surface area contributed by atoms with Crippen molar-refractivity contribution in [2.45, 2.75) is 13.5 Å². The summed E-state index contributed by atoms with van der Waals surface area (Å²) in [7, 11) is 3.11. The molecule has 2 aromatic heterocycles. The van der Waals surface area contributed by atoms with Crippen LogP contribution in [0, 0.1) is 5.82 Å². The average molecular weight is 423 g/mol. The SMILES string of the molecule is COCCn1cc(N/C(C)=C2\C(=O)Nc3cnc(-c4c(F)cccc4OC)cc32)cn1. The molecule has 1 aromatic carbocycles. The number of amides is 1. The molecule has 0 bridgehead atoms. The first-order valence-corrected chi connectivity index (χ1v) is 9.65. The molecular formula is C22H22FN5O3. The molecule has 1 aliphatic heterocycles. The molecule has 0 aliphatic carbocycles. The Labute approximate surface area is 178 Å².